The van der Waals surface area contributed by atoms with E-state index in [4.69, 9.17) is 9.47 Å². The first kappa shape index (κ1) is 21.8. The third-order valence-electron chi connectivity index (χ3n) is 4.31. The zero-order chi connectivity index (χ0) is 22.2. The highest BCUT2D eigenvalue weighted by Gasteiger charge is 2.09. The number of benzene rings is 2. The van der Waals surface area contributed by atoms with Crippen LogP contribution in [0.1, 0.15) is 5.69 Å². The van der Waals surface area contributed by atoms with Gasteiger partial charge in [-0.15, -0.1) is 0 Å². The molecule has 0 fully saturated rings. The van der Waals surface area contributed by atoms with Crippen molar-refractivity contribution < 1.29 is 28.5 Å². The Morgan fingerprint density at radius 1 is 0.742 bits per heavy atom. The molecule has 160 valence electrons. The van der Waals surface area contributed by atoms with Gasteiger partial charge in [0.1, 0.15) is 5.75 Å². The zero-order valence-corrected chi connectivity index (χ0v) is 17.5. The van der Waals surface area contributed by atoms with Crippen LogP contribution in [0.3, 0.4) is 0 Å². The number of hydrogen-bond acceptors (Lipinski definition) is 8. The quantitative estimate of drug-likeness (QED) is 0.511. The van der Waals surface area contributed by atoms with Crippen molar-refractivity contribution >= 4 is 11.9 Å². The first-order valence-corrected chi connectivity index (χ1v) is 9.44. The summed E-state index contributed by atoms with van der Waals surface area (Å²) >= 11 is 0. The Morgan fingerprint density at radius 2 is 1.26 bits per heavy atom. The van der Waals surface area contributed by atoms with Gasteiger partial charge in [0.2, 0.25) is 5.88 Å². The number of hydrogen-bond donors (Lipinski definition) is 0. The topological polar surface area (TPSA) is 96.8 Å². The highest BCUT2D eigenvalue weighted by Crippen LogP contribution is 2.26. The van der Waals surface area contributed by atoms with Crippen molar-refractivity contribution in [3.8, 4) is 34.1 Å². The number of methoxy groups -OCH3 is 2. The van der Waals surface area contributed by atoms with Crippen molar-refractivity contribution in [2.24, 2.45) is 0 Å². The summed E-state index contributed by atoms with van der Waals surface area (Å²) in [4.78, 5) is 31.3. The van der Waals surface area contributed by atoms with Gasteiger partial charge in [-0.2, -0.15) is 4.98 Å². The van der Waals surface area contributed by atoms with Gasteiger partial charge in [-0.3, -0.25) is 0 Å². The molecule has 0 aliphatic rings. The summed E-state index contributed by atoms with van der Waals surface area (Å²) < 4.78 is 19.9. The van der Waals surface area contributed by atoms with E-state index in [9.17, 15) is 9.59 Å². The van der Waals surface area contributed by atoms with Gasteiger partial charge in [0, 0.05) is 17.3 Å². The number of ether oxygens (including phenoxy) is 4. The van der Waals surface area contributed by atoms with E-state index in [0.29, 0.717) is 17.5 Å². The molecule has 1 heterocycles. The van der Waals surface area contributed by atoms with Gasteiger partial charge >= 0.3 is 11.9 Å². The molecule has 0 bridgehead atoms. The maximum atomic E-state index is 11.3. The monoisotopic (exact) mass is 422 g/mol. The minimum absolute atomic E-state index is 0.133. The van der Waals surface area contributed by atoms with Crippen molar-refractivity contribution in [1.82, 2.24) is 9.97 Å². The minimum Gasteiger partial charge on any atom is -0.482 e. The van der Waals surface area contributed by atoms with Crippen molar-refractivity contribution in [3.05, 3.63) is 60.3 Å². The summed E-state index contributed by atoms with van der Waals surface area (Å²) in [5, 5.41) is 0. The van der Waals surface area contributed by atoms with Crippen LogP contribution in [-0.2, 0) is 19.1 Å². The lowest BCUT2D eigenvalue weighted by Crippen LogP contribution is -2.13. The summed E-state index contributed by atoms with van der Waals surface area (Å²) in [6.07, 6.45) is 0. The maximum Gasteiger partial charge on any atom is 0.343 e. The minimum atomic E-state index is -0.483. The van der Waals surface area contributed by atoms with Gasteiger partial charge in [0.05, 0.1) is 14.2 Å². The molecule has 0 spiro atoms. The van der Waals surface area contributed by atoms with E-state index in [1.807, 2.05) is 43.3 Å². The zero-order valence-electron chi connectivity index (χ0n) is 17.5. The second kappa shape index (κ2) is 10.2. The Hall–Kier alpha value is -3.94. The number of carbonyl (C=O) groups excluding carboxylic acids is 2. The van der Waals surface area contributed by atoms with Crippen LogP contribution in [0.2, 0.25) is 0 Å². The lowest BCUT2D eigenvalue weighted by atomic mass is 10.0. The largest absolute Gasteiger partial charge is 0.482 e. The molecule has 0 amide bonds. The Labute approximate surface area is 179 Å². The molecular formula is C23H22N2O6. The fraction of sp³-hybridized carbons (Fsp3) is 0.217. The SMILES string of the molecule is COC(=O)COc1ccc(-c2ccc(-c3nc(C)cc(OCC(=O)OC)n3)cc2)cc1. The Kier molecular flexibility index (Phi) is 7.16. The summed E-state index contributed by atoms with van der Waals surface area (Å²) in [6, 6.07) is 16.8. The van der Waals surface area contributed by atoms with Crippen LogP contribution in [-0.4, -0.2) is 49.3 Å². The van der Waals surface area contributed by atoms with Crippen LogP contribution in [0.4, 0.5) is 0 Å². The summed E-state index contributed by atoms with van der Waals surface area (Å²) in [5.41, 5.74) is 3.52. The molecule has 1 aromatic heterocycles. The van der Waals surface area contributed by atoms with E-state index >= 15 is 0 Å². The smallest absolute Gasteiger partial charge is 0.343 e. The number of esters is 2. The van der Waals surface area contributed by atoms with E-state index in [1.54, 1.807) is 18.2 Å². The predicted octanol–water partition coefficient (Wildman–Crippen LogP) is 3.22. The second-order valence-corrected chi connectivity index (χ2v) is 6.50. The molecule has 0 unspecified atom stereocenters. The average molecular weight is 422 g/mol. The lowest BCUT2D eigenvalue weighted by Gasteiger charge is -2.09. The molecule has 0 radical (unpaired) electrons. The van der Waals surface area contributed by atoms with E-state index in [2.05, 4.69) is 19.4 Å². The van der Waals surface area contributed by atoms with Crippen molar-refractivity contribution in [1.29, 1.82) is 0 Å². The maximum absolute atomic E-state index is 11.3. The van der Waals surface area contributed by atoms with Crippen molar-refractivity contribution in [2.45, 2.75) is 6.92 Å². The third kappa shape index (κ3) is 6.02. The molecule has 0 N–H and O–H groups in total. The Balaban J connectivity index is 1.72. The summed E-state index contributed by atoms with van der Waals surface area (Å²) in [5.74, 6) is 0.469. The molecule has 3 rings (SSSR count). The van der Waals surface area contributed by atoms with E-state index in [-0.39, 0.29) is 13.2 Å². The third-order valence-corrected chi connectivity index (χ3v) is 4.31. The van der Waals surface area contributed by atoms with Gasteiger partial charge in [-0.1, -0.05) is 36.4 Å². The van der Waals surface area contributed by atoms with Crippen molar-refractivity contribution in [3.63, 3.8) is 0 Å². The van der Waals surface area contributed by atoms with E-state index < -0.39 is 11.9 Å². The summed E-state index contributed by atoms with van der Waals surface area (Å²) in [6.45, 7) is 1.48. The highest BCUT2D eigenvalue weighted by molar-refractivity contribution is 5.72. The van der Waals surface area contributed by atoms with Crippen LogP contribution >= 0.6 is 0 Å². The molecule has 2 aromatic carbocycles. The standard InChI is InChI=1S/C23H22N2O6/c1-15-12-20(31-14-22(27)29-3)25-23(24-15)18-6-4-16(5-7-18)17-8-10-19(11-9-17)30-13-21(26)28-2/h4-12H,13-14H2,1-3H3. The molecular weight excluding hydrogens is 400 g/mol. The molecule has 8 nitrogen and oxygen atoms in total. The van der Waals surface area contributed by atoms with Crippen LogP contribution in [0.5, 0.6) is 11.6 Å². The van der Waals surface area contributed by atoms with Crippen LogP contribution < -0.4 is 9.47 Å². The number of aryl methyl sites for hydroxylation is 1. The first-order valence-electron chi connectivity index (χ1n) is 9.44. The van der Waals surface area contributed by atoms with Crippen LogP contribution in [0.15, 0.2) is 54.6 Å². The molecule has 0 atom stereocenters. The van der Waals surface area contributed by atoms with Crippen LogP contribution in [0.25, 0.3) is 22.5 Å². The first-order chi connectivity index (χ1) is 15.0. The van der Waals surface area contributed by atoms with Crippen molar-refractivity contribution in [2.75, 3.05) is 27.4 Å². The molecule has 31 heavy (non-hydrogen) atoms. The van der Waals surface area contributed by atoms with Gasteiger partial charge in [-0.25, -0.2) is 14.6 Å². The Morgan fingerprint density at radius 3 is 1.84 bits per heavy atom. The van der Waals surface area contributed by atoms with Crippen LogP contribution in [0, 0.1) is 6.92 Å². The average Bonchev–Trinajstić information content (AvgIpc) is 2.81. The molecule has 8 heteroatoms. The fourth-order valence-electron chi connectivity index (χ4n) is 2.69. The van der Waals surface area contributed by atoms with E-state index in [0.717, 1.165) is 22.4 Å². The van der Waals surface area contributed by atoms with Gasteiger partial charge in [0.25, 0.3) is 0 Å². The van der Waals surface area contributed by atoms with E-state index in [1.165, 1.54) is 14.2 Å². The number of carbonyl (C=O) groups is 2. The summed E-state index contributed by atoms with van der Waals surface area (Å²) in [7, 11) is 2.61. The molecule has 0 saturated carbocycles. The van der Waals surface area contributed by atoms with Gasteiger partial charge in [0.15, 0.2) is 19.0 Å². The molecule has 0 aliphatic heterocycles. The predicted molar refractivity (Wildman–Crippen MR) is 113 cm³/mol. The highest BCUT2D eigenvalue weighted by atomic mass is 16.6. The molecule has 0 aliphatic carbocycles. The number of rotatable bonds is 8. The Bertz CT molecular complexity index is 1050. The fourth-order valence-corrected chi connectivity index (χ4v) is 2.69. The number of nitrogens with zero attached hydrogens (tertiary/aromatic N) is 2. The second-order valence-electron chi connectivity index (χ2n) is 6.50. The molecule has 0 saturated heterocycles. The molecule has 3 aromatic rings. The van der Waals surface area contributed by atoms with Gasteiger partial charge in [-0.05, 0) is 30.2 Å². The lowest BCUT2D eigenvalue weighted by molar-refractivity contribution is -0.143. The normalized spacial score (nSPS) is 10.3. The van der Waals surface area contributed by atoms with Gasteiger partial charge < -0.3 is 18.9 Å². The number of aromatic nitrogens is 2.